The molecule has 1 fully saturated rings. The lowest BCUT2D eigenvalue weighted by atomic mass is 9.77. The maximum Gasteiger partial charge on any atom is 0.146 e. The van der Waals surface area contributed by atoms with Crippen molar-refractivity contribution in [1.82, 2.24) is 10.3 Å². The third kappa shape index (κ3) is 3.35. The zero-order valence-electron chi connectivity index (χ0n) is 13.6. The molecule has 1 unspecified atom stereocenters. The fourth-order valence-corrected chi connectivity index (χ4v) is 3.07. The van der Waals surface area contributed by atoms with E-state index in [2.05, 4.69) is 16.2 Å². The lowest BCUT2D eigenvalue weighted by molar-refractivity contribution is 0.105. The molecule has 1 heterocycles. The van der Waals surface area contributed by atoms with Crippen molar-refractivity contribution in [3.8, 4) is 18.1 Å². The second kappa shape index (κ2) is 6.76. The third-order valence-electron chi connectivity index (χ3n) is 4.50. The summed E-state index contributed by atoms with van der Waals surface area (Å²) >= 11 is 5.44. The van der Waals surface area contributed by atoms with Crippen LogP contribution in [0.3, 0.4) is 0 Å². The van der Waals surface area contributed by atoms with Gasteiger partial charge in [-0.1, -0.05) is 18.1 Å². The number of thiocarbonyl (C=S) groups is 1. The summed E-state index contributed by atoms with van der Waals surface area (Å²) in [6.07, 6.45) is 9.80. The fourth-order valence-electron chi connectivity index (χ4n) is 2.81. The van der Waals surface area contributed by atoms with Gasteiger partial charge >= 0.3 is 0 Å². The number of hydrogen-bond donors (Lipinski definition) is 2. The summed E-state index contributed by atoms with van der Waals surface area (Å²) in [4.78, 5) is 4.93. The third-order valence-corrected chi connectivity index (χ3v) is 4.94. The Labute approximate surface area is 147 Å². The number of rotatable bonds is 5. The summed E-state index contributed by atoms with van der Waals surface area (Å²) in [7, 11) is 0. The molecule has 0 bridgehead atoms. The van der Waals surface area contributed by atoms with Gasteiger partial charge in [-0.2, -0.15) is 0 Å². The standard InChI is InChI=1S/C19H20N2O2S/c1-3-14-9-15-10-16(5-6-17(15)20-11-14)23-13(2)18(24)21-19(12-22)7-4-8-19/h1,5-6,9-11,13,22H,4,7-8,12H2,2H3,(H,21,24). The first-order chi connectivity index (χ1) is 11.5. The first-order valence-electron chi connectivity index (χ1n) is 8.01. The van der Waals surface area contributed by atoms with E-state index in [1.807, 2.05) is 31.2 Å². The highest BCUT2D eigenvalue weighted by Crippen LogP contribution is 2.31. The summed E-state index contributed by atoms with van der Waals surface area (Å²) < 4.78 is 5.95. The molecule has 3 rings (SSSR count). The molecule has 1 aliphatic rings. The summed E-state index contributed by atoms with van der Waals surface area (Å²) in [5, 5.41) is 13.7. The number of aliphatic hydroxyl groups is 1. The lowest BCUT2D eigenvalue weighted by Crippen LogP contribution is -2.58. The van der Waals surface area contributed by atoms with Gasteiger partial charge in [-0.3, -0.25) is 4.98 Å². The normalized spacial score (nSPS) is 16.7. The molecule has 2 aromatic rings. The van der Waals surface area contributed by atoms with E-state index in [9.17, 15) is 5.11 Å². The van der Waals surface area contributed by atoms with E-state index in [4.69, 9.17) is 23.4 Å². The van der Waals surface area contributed by atoms with Crippen LogP contribution < -0.4 is 10.1 Å². The Hall–Kier alpha value is -2.16. The van der Waals surface area contributed by atoms with Crippen LogP contribution in [0.15, 0.2) is 30.5 Å². The van der Waals surface area contributed by atoms with Crippen molar-refractivity contribution in [3.05, 3.63) is 36.0 Å². The molecular formula is C19H20N2O2S. The summed E-state index contributed by atoms with van der Waals surface area (Å²) in [6.45, 7) is 2.00. The first-order valence-corrected chi connectivity index (χ1v) is 8.42. The molecule has 1 aromatic heterocycles. The van der Waals surface area contributed by atoms with E-state index in [-0.39, 0.29) is 18.2 Å². The monoisotopic (exact) mass is 340 g/mol. The van der Waals surface area contributed by atoms with Gasteiger partial charge in [0.25, 0.3) is 0 Å². The zero-order valence-corrected chi connectivity index (χ0v) is 14.4. The van der Waals surface area contributed by atoms with Crippen molar-refractivity contribution in [2.45, 2.75) is 37.8 Å². The number of pyridine rings is 1. The second-order valence-electron chi connectivity index (χ2n) is 6.26. The number of nitrogens with zero attached hydrogens (tertiary/aromatic N) is 1. The molecule has 24 heavy (non-hydrogen) atoms. The molecule has 0 radical (unpaired) electrons. The van der Waals surface area contributed by atoms with Crippen LogP contribution in [0.2, 0.25) is 0 Å². The Morgan fingerprint density at radius 1 is 1.50 bits per heavy atom. The number of nitrogens with one attached hydrogen (secondary N) is 1. The van der Waals surface area contributed by atoms with Crippen molar-refractivity contribution >= 4 is 28.1 Å². The van der Waals surface area contributed by atoms with Gasteiger partial charge in [0.05, 0.1) is 17.7 Å². The zero-order chi connectivity index (χ0) is 17.2. The topological polar surface area (TPSA) is 54.4 Å². The first kappa shape index (κ1) is 16.7. The van der Waals surface area contributed by atoms with Gasteiger partial charge in [-0.05, 0) is 50.5 Å². The highest BCUT2D eigenvalue weighted by molar-refractivity contribution is 7.80. The highest BCUT2D eigenvalue weighted by atomic mass is 32.1. The average molecular weight is 340 g/mol. The van der Waals surface area contributed by atoms with E-state index >= 15 is 0 Å². The fraction of sp³-hybridized carbons (Fsp3) is 0.368. The van der Waals surface area contributed by atoms with Crippen molar-refractivity contribution in [1.29, 1.82) is 0 Å². The van der Waals surface area contributed by atoms with E-state index in [1.165, 1.54) is 0 Å². The van der Waals surface area contributed by atoms with Gasteiger partial charge in [0.1, 0.15) is 16.8 Å². The molecule has 1 atom stereocenters. The van der Waals surface area contributed by atoms with Gasteiger partial charge in [0, 0.05) is 17.1 Å². The minimum absolute atomic E-state index is 0.0936. The molecule has 1 saturated carbocycles. The van der Waals surface area contributed by atoms with Crippen LogP contribution in [0.5, 0.6) is 5.75 Å². The molecule has 1 aliphatic carbocycles. The highest BCUT2D eigenvalue weighted by Gasteiger charge is 2.37. The van der Waals surface area contributed by atoms with Crippen LogP contribution in [0.1, 0.15) is 31.7 Å². The van der Waals surface area contributed by atoms with Gasteiger partial charge < -0.3 is 15.2 Å². The van der Waals surface area contributed by atoms with Gasteiger partial charge in [0.15, 0.2) is 0 Å². The Morgan fingerprint density at radius 2 is 2.29 bits per heavy atom. The maximum atomic E-state index is 9.54. The van der Waals surface area contributed by atoms with Crippen LogP contribution in [0, 0.1) is 12.3 Å². The molecule has 0 spiro atoms. The van der Waals surface area contributed by atoms with Gasteiger partial charge in [-0.25, -0.2) is 0 Å². The minimum Gasteiger partial charge on any atom is -0.484 e. The van der Waals surface area contributed by atoms with Crippen LogP contribution in [0.4, 0.5) is 0 Å². The quantitative estimate of drug-likeness (QED) is 0.647. The number of ether oxygens (including phenoxy) is 1. The Morgan fingerprint density at radius 3 is 2.92 bits per heavy atom. The molecule has 2 N–H and O–H groups in total. The minimum atomic E-state index is -0.287. The molecular weight excluding hydrogens is 320 g/mol. The number of terminal acetylenes is 1. The maximum absolute atomic E-state index is 9.54. The van der Waals surface area contributed by atoms with E-state index in [0.29, 0.717) is 10.7 Å². The number of fused-ring (bicyclic) bond motifs is 1. The van der Waals surface area contributed by atoms with Crippen molar-refractivity contribution in [2.75, 3.05) is 6.61 Å². The molecule has 4 nitrogen and oxygen atoms in total. The van der Waals surface area contributed by atoms with Crippen molar-refractivity contribution < 1.29 is 9.84 Å². The predicted molar refractivity (Wildman–Crippen MR) is 99.2 cm³/mol. The lowest BCUT2D eigenvalue weighted by Gasteiger charge is -2.42. The number of aromatic nitrogens is 1. The van der Waals surface area contributed by atoms with E-state index in [1.54, 1.807) is 6.20 Å². The van der Waals surface area contributed by atoms with Gasteiger partial charge in [-0.15, -0.1) is 6.42 Å². The van der Waals surface area contributed by atoms with Crippen LogP contribution in [-0.4, -0.2) is 33.3 Å². The molecule has 0 aliphatic heterocycles. The van der Waals surface area contributed by atoms with Crippen LogP contribution in [0.25, 0.3) is 10.9 Å². The van der Waals surface area contributed by atoms with Crippen LogP contribution in [-0.2, 0) is 0 Å². The largest absolute Gasteiger partial charge is 0.484 e. The van der Waals surface area contributed by atoms with E-state index in [0.717, 1.165) is 35.7 Å². The molecule has 0 saturated heterocycles. The van der Waals surface area contributed by atoms with Crippen molar-refractivity contribution in [2.24, 2.45) is 0 Å². The number of aliphatic hydroxyl groups excluding tert-OH is 1. The van der Waals surface area contributed by atoms with Crippen molar-refractivity contribution in [3.63, 3.8) is 0 Å². The number of benzene rings is 1. The van der Waals surface area contributed by atoms with E-state index < -0.39 is 0 Å². The second-order valence-corrected chi connectivity index (χ2v) is 6.70. The molecule has 1 aromatic carbocycles. The molecule has 0 amide bonds. The Bertz CT molecular complexity index is 803. The van der Waals surface area contributed by atoms with Crippen LogP contribution >= 0.6 is 12.2 Å². The molecule has 5 heteroatoms. The average Bonchev–Trinajstić information content (AvgIpc) is 2.57. The van der Waals surface area contributed by atoms with Gasteiger partial charge in [0.2, 0.25) is 0 Å². The summed E-state index contributed by atoms with van der Waals surface area (Å²) in [5.41, 5.74) is 1.34. The smallest absolute Gasteiger partial charge is 0.146 e. The SMILES string of the molecule is C#Cc1cnc2ccc(OC(C)C(=S)NC3(CO)CCC3)cc2c1. The predicted octanol–water partition coefficient (Wildman–Crippen LogP) is 2.82. The summed E-state index contributed by atoms with van der Waals surface area (Å²) in [5.74, 6) is 3.29. The Kier molecular flexibility index (Phi) is 4.70. The summed E-state index contributed by atoms with van der Waals surface area (Å²) in [6, 6.07) is 7.59. The molecule has 124 valence electrons. The Balaban J connectivity index is 1.71. The number of hydrogen-bond acceptors (Lipinski definition) is 4.